The molecule has 2 aromatic heterocycles. The number of carbonyl (C=O) groups is 1. The molecule has 2 aliphatic rings. The minimum absolute atomic E-state index is 0.0733. The summed E-state index contributed by atoms with van der Waals surface area (Å²) in [5.41, 5.74) is 4.07. The molecular weight excluding hydrogens is 409 g/mol. The Labute approximate surface area is 186 Å². The largest absolute Gasteiger partial charge is 0.371 e. The molecule has 0 spiro atoms. The Balaban J connectivity index is 1.46. The van der Waals surface area contributed by atoms with E-state index in [-0.39, 0.29) is 17.0 Å². The second-order valence-electron chi connectivity index (χ2n) is 9.41. The van der Waals surface area contributed by atoms with Crippen LogP contribution in [0.4, 0.5) is 10.1 Å². The van der Waals surface area contributed by atoms with Crippen LogP contribution < -0.4 is 4.90 Å². The monoisotopic (exact) mass is 435 g/mol. The zero-order chi connectivity index (χ0) is 21.6. The van der Waals surface area contributed by atoms with E-state index >= 15 is 0 Å². The van der Waals surface area contributed by atoms with Gasteiger partial charge in [-0.05, 0) is 67.0 Å². The molecule has 1 fully saturated rings. The molecule has 5 rings (SSSR count). The average molecular weight is 436 g/mol. The van der Waals surface area contributed by atoms with Crippen molar-refractivity contribution in [1.29, 1.82) is 0 Å². The van der Waals surface area contributed by atoms with Crippen LogP contribution in [-0.4, -0.2) is 28.8 Å². The molecule has 0 N–H and O–H groups in total. The fraction of sp³-hybridized carbons (Fsp3) is 0.400. The summed E-state index contributed by atoms with van der Waals surface area (Å²) in [6.45, 7) is 6.16. The fourth-order valence-electron chi connectivity index (χ4n) is 4.63. The van der Waals surface area contributed by atoms with Crippen molar-refractivity contribution < 1.29 is 9.18 Å². The number of aromatic nitrogens is 2. The number of ketones is 1. The van der Waals surface area contributed by atoms with Gasteiger partial charge in [0, 0.05) is 37.0 Å². The quantitative estimate of drug-likeness (QED) is 0.494. The third-order valence-electron chi connectivity index (χ3n) is 6.17. The number of piperidine rings is 1. The Hall–Kier alpha value is -2.60. The predicted octanol–water partition coefficient (Wildman–Crippen LogP) is 6.16. The maximum atomic E-state index is 14.4. The first-order valence-electron chi connectivity index (χ1n) is 10.9. The number of carbonyl (C=O) groups excluding carboxylic acids is 1. The Morgan fingerprint density at radius 3 is 2.68 bits per heavy atom. The van der Waals surface area contributed by atoms with Crippen LogP contribution in [0.25, 0.3) is 21.1 Å². The molecule has 3 aromatic rings. The molecule has 160 valence electrons. The number of Topliss-reactive ketones (excluding diaryl/α,β-unsaturated/α-hetero) is 1. The van der Waals surface area contributed by atoms with Gasteiger partial charge in [-0.3, -0.25) is 4.79 Å². The highest BCUT2D eigenvalue weighted by molar-refractivity contribution is 7.18. The highest BCUT2D eigenvalue weighted by Gasteiger charge is 2.32. The third-order valence-corrected chi connectivity index (χ3v) is 7.24. The zero-order valence-corrected chi connectivity index (χ0v) is 18.8. The van der Waals surface area contributed by atoms with Gasteiger partial charge < -0.3 is 4.90 Å². The Morgan fingerprint density at radius 2 is 1.87 bits per heavy atom. The van der Waals surface area contributed by atoms with E-state index in [1.54, 1.807) is 18.3 Å². The molecule has 3 heterocycles. The van der Waals surface area contributed by atoms with Gasteiger partial charge in [0.15, 0.2) is 5.78 Å². The molecule has 4 nitrogen and oxygen atoms in total. The van der Waals surface area contributed by atoms with Gasteiger partial charge in [-0.25, -0.2) is 14.4 Å². The number of benzene rings is 1. The topological polar surface area (TPSA) is 46.1 Å². The summed E-state index contributed by atoms with van der Waals surface area (Å²) in [6, 6.07) is 9.02. The van der Waals surface area contributed by atoms with Crippen molar-refractivity contribution in [2.75, 3.05) is 18.0 Å². The van der Waals surface area contributed by atoms with Crippen molar-refractivity contribution in [3.63, 3.8) is 0 Å². The van der Waals surface area contributed by atoms with Crippen LogP contribution >= 0.6 is 11.3 Å². The molecule has 0 amide bonds. The van der Waals surface area contributed by atoms with Gasteiger partial charge in [0.2, 0.25) is 0 Å². The van der Waals surface area contributed by atoms with Crippen LogP contribution in [0, 0.1) is 11.2 Å². The average Bonchev–Trinajstić information content (AvgIpc) is 3.23. The molecule has 0 saturated carbocycles. The van der Waals surface area contributed by atoms with Crippen molar-refractivity contribution in [2.45, 2.75) is 46.0 Å². The number of hydrogen-bond acceptors (Lipinski definition) is 5. The van der Waals surface area contributed by atoms with E-state index in [0.717, 1.165) is 70.4 Å². The standard InChI is InChI=1S/C25H26FN3OS/c1-25(2)13-21-19(22(30)14-25)6-7-20(28-21)24-27-15-23(31-24)16-10-17(26)12-18(11-16)29-8-4-3-5-9-29/h6-7,10-12,15H,3-5,8-9,13-14H2,1-2H3. The number of halogens is 1. The Bertz CT molecular complexity index is 1150. The summed E-state index contributed by atoms with van der Waals surface area (Å²) < 4.78 is 14.4. The van der Waals surface area contributed by atoms with E-state index in [2.05, 4.69) is 29.8 Å². The van der Waals surface area contributed by atoms with Crippen molar-refractivity contribution in [3.05, 3.63) is 53.6 Å². The normalized spacial score (nSPS) is 18.2. The van der Waals surface area contributed by atoms with E-state index in [0.29, 0.717) is 6.42 Å². The highest BCUT2D eigenvalue weighted by Crippen LogP contribution is 2.37. The molecule has 31 heavy (non-hydrogen) atoms. The first-order valence-corrected chi connectivity index (χ1v) is 11.7. The number of anilines is 1. The summed E-state index contributed by atoms with van der Waals surface area (Å²) in [6.07, 6.45) is 6.68. The SMILES string of the molecule is CC1(C)CC(=O)c2ccc(-c3ncc(-c4cc(F)cc(N5CCCCC5)c4)s3)nc2C1. The van der Waals surface area contributed by atoms with E-state index in [1.807, 2.05) is 12.1 Å². The zero-order valence-electron chi connectivity index (χ0n) is 17.9. The molecule has 1 saturated heterocycles. The van der Waals surface area contributed by atoms with Crippen LogP contribution in [-0.2, 0) is 6.42 Å². The number of nitrogens with zero attached hydrogens (tertiary/aromatic N) is 3. The lowest BCUT2D eigenvalue weighted by Gasteiger charge is -2.29. The lowest BCUT2D eigenvalue weighted by Crippen LogP contribution is -2.29. The van der Waals surface area contributed by atoms with E-state index in [4.69, 9.17) is 4.98 Å². The first kappa shape index (κ1) is 20.3. The first-order chi connectivity index (χ1) is 14.9. The summed E-state index contributed by atoms with van der Waals surface area (Å²) in [5, 5.41) is 0.789. The maximum absolute atomic E-state index is 14.4. The number of rotatable bonds is 3. The summed E-state index contributed by atoms with van der Waals surface area (Å²) in [4.78, 5) is 25.0. The molecule has 1 aliphatic heterocycles. The second-order valence-corrected chi connectivity index (χ2v) is 10.4. The number of pyridine rings is 1. The summed E-state index contributed by atoms with van der Waals surface area (Å²) in [5.74, 6) is -0.0594. The van der Waals surface area contributed by atoms with E-state index < -0.39 is 0 Å². The Kier molecular flexibility index (Phi) is 5.13. The van der Waals surface area contributed by atoms with Crippen molar-refractivity contribution in [3.8, 4) is 21.1 Å². The van der Waals surface area contributed by atoms with Gasteiger partial charge in [-0.15, -0.1) is 11.3 Å². The predicted molar refractivity (Wildman–Crippen MR) is 123 cm³/mol. The van der Waals surface area contributed by atoms with Crippen molar-refractivity contribution in [2.24, 2.45) is 5.41 Å². The van der Waals surface area contributed by atoms with Crippen LogP contribution in [0.3, 0.4) is 0 Å². The molecule has 0 unspecified atom stereocenters. The van der Waals surface area contributed by atoms with E-state index in [1.165, 1.54) is 17.8 Å². The molecule has 0 atom stereocenters. The van der Waals surface area contributed by atoms with Crippen LogP contribution in [0.15, 0.2) is 36.5 Å². The van der Waals surface area contributed by atoms with Crippen molar-refractivity contribution >= 4 is 22.8 Å². The van der Waals surface area contributed by atoms with Crippen LogP contribution in [0.2, 0.25) is 0 Å². The second kappa shape index (κ2) is 7.83. The van der Waals surface area contributed by atoms with E-state index in [9.17, 15) is 9.18 Å². The molecule has 0 bridgehead atoms. The van der Waals surface area contributed by atoms with Crippen LogP contribution in [0.1, 0.15) is 55.6 Å². The molecule has 1 aliphatic carbocycles. The third kappa shape index (κ3) is 4.13. The van der Waals surface area contributed by atoms with Crippen molar-refractivity contribution in [1.82, 2.24) is 9.97 Å². The minimum Gasteiger partial charge on any atom is -0.371 e. The van der Waals surface area contributed by atoms with Crippen LogP contribution in [0.5, 0.6) is 0 Å². The van der Waals surface area contributed by atoms with Gasteiger partial charge in [0.25, 0.3) is 0 Å². The van der Waals surface area contributed by atoms with Gasteiger partial charge >= 0.3 is 0 Å². The van der Waals surface area contributed by atoms with Gasteiger partial charge in [-0.2, -0.15) is 0 Å². The van der Waals surface area contributed by atoms with Gasteiger partial charge in [-0.1, -0.05) is 13.8 Å². The smallest absolute Gasteiger partial charge is 0.165 e. The van der Waals surface area contributed by atoms with Gasteiger partial charge in [0.05, 0.1) is 16.3 Å². The number of thiazole rings is 1. The molecule has 6 heteroatoms. The lowest BCUT2D eigenvalue weighted by molar-refractivity contribution is 0.0910. The summed E-state index contributed by atoms with van der Waals surface area (Å²) >= 11 is 1.51. The number of fused-ring (bicyclic) bond motifs is 1. The number of hydrogen-bond donors (Lipinski definition) is 0. The molecule has 1 aromatic carbocycles. The maximum Gasteiger partial charge on any atom is 0.165 e. The van der Waals surface area contributed by atoms with Gasteiger partial charge in [0.1, 0.15) is 10.8 Å². The Morgan fingerprint density at radius 1 is 1.06 bits per heavy atom. The highest BCUT2D eigenvalue weighted by atomic mass is 32.1. The molecule has 0 radical (unpaired) electrons. The lowest BCUT2D eigenvalue weighted by atomic mass is 9.75. The fourth-order valence-corrected chi connectivity index (χ4v) is 5.50. The molecular formula is C25H26FN3OS. The minimum atomic E-state index is -0.222. The summed E-state index contributed by atoms with van der Waals surface area (Å²) in [7, 11) is 0.